The summed E-state index contributed by atoms with van der Waals surface area (Å²) in [6, 6.07) is 155. The number of fused-ring (bicyclic) bond motifs is 1. The van der Waals surface area contributed by atoms with Gasteiger partial charge in [0.2, 0.25) is 15.9 Å². The molecule has 17 rings (SSSR count). The van der Waals surface area contributed by atoms with Crippen LogP contribution in [0.25, 0.3) is 10.8 Å². The summed E-state index contributed by atoms with van der Waals surface area (Å²) in [4.78, 5) is 45.4. The number of benzene rings is 16. The number of alkyl halides is 3. The molecule has 18 nitrogen and oxygen atoms in total. The van der Waals surface area contributed by atoms with Gasteiger partial charge in [-0.25, -0.2) is 34.7 Å². The molecule has 0 atom stereocenters. The van der Waals surface area contributed by atoms with E-state index in [1.54, 1.807) is 25.3 Å². The van der Waals surface area contributed by atoms with Gasteiger partial charge in [-0.3, -0.25) is 14.6 Å². The van der Waals surface area contributed by atoms with Crippen LogP contribution in [0.2, 0.25) is 0 Å². The Morgan fingerprint density at radius 3 is 0.945 bits per heavy atom. The van der Waals surface area contributed by atoms with Crippen molar-refractivity contribution >= 4 is 123 Å². The van der Waals surface area contributed by atoms with Crippen LogP contribution in [-0.2, 0) is 88.5 Å². The fraction of sp³-hybridized carbons (Fsp3) is 0.129. The number of sulfonamides is 4. The molecule has 0 unspecified atom stereocenters. The van der Waals surface area contributed by atoms with Crippen molar-refractivity contribution in [2.24, 2.45) is 0 Å². The number of aromatic nitrogens is 1. The minimum Gasteiger partial charge on any atom is -0.497 e. The molecule has 0 spiro atoms. The number of nitrogens with zero attached hydrogens (tertiary/aromatic N) is 3. The summed E-state index contributed by atoms with van der Waals surface area (Å²) in [6.45, 7) is 3.25. The van der Waals surface area contributed by atoms with E-state index in [9.17, 15) is 56.4 Å². The second-order valence-corrected chi connectivity index (χ2v) is 47.3. The summed E-state index contributed by atoms with van der Waals surface area (Å²) < 4.78 is 140. The van der Waals surface area contributed by atoms with Crippen molar-refractivity contribution in [3.05, 3.63) is 479 Å². The highest BCUT2D eigenvalue weighted by molar-refractivity contribution is 8.05. The van der Waals surface area contributed by atoms with E-state index >= 15 is 0 Å². The zero-order valence-corrected chi connectivity index (χ0v) is 87.8. The number of unbranched alkanes of at least 4 members (excludes halogenated alkanes) is 5. The molecule has 0 aliphatic heterocycles. The first-order valence-electron chi connectivity index (χ1n) is 46.1. The molecule has 1 heterocycles. The quantitative estimate of drug-likeness (QED) is 0.0193. The van der Waals surface area contributed by atoms with Crippen LogP contribution in [0.4, 0.5) is 30.2 Å². The summed E-state index contributed by atoms with van der Waals surface area (Å²) in [5, 5.41) is 1.25. The van der Waals surface area contributed by atoms with Gasteiger partial charge in [-0.15, -0.1) is 4.13 Å². The largest absolute Gasteiger partial charge is 0.516 e. The highest BCUT2D eigenvalue weighted by Crippen LogP contribution is 2.37. The van der Waals surface area contributed by atoms with E-state index in [0.29, 0.717) is 17.5 Å². The van der Waals surface area contributed by atoms with Gasteiger partial charge in [0, 0.05) is 75.3 Å². The van der Waals surface area contributed by atoms with E-state index in [0.717, 1.165) is 72.8 Å². The summed E-state index contributed by atoms with van der Waals surface area (Å²) in [5.41, 5.74) is 2.10. The van der Waals surface area contributed by atoms with Crippen LogP contribution >= 0.6 is 0 Å². The van der Waals surface area contributed by atoms with Gasteiger partial charge < -0.3 is 20.3 Å². The van der Waals surface area contributed by atoms with Crippen LogP contribution < -0.4 is 33.8 Å². The Labute approximate surface area is 863 Å². The third-order valence-electron chi connectivity index (χ3n) is 20.9. The summed E-state index contributed by atoms with van der Waals surface area (Å²) >= 11 is 0. The second-order valence-electron chi connectivity index (χ2n) is 32.1. The van der Waals surface area contributed by atoms with Gasteiger partial charge in [0.15, 0.2) is 58.7 Å². The Morgan fingerprint density at radius 1 is 0.352 bits per heavy atom. The molecule has 16 aromatic carbocycles. The minimum atomic E-state index is -5.67. The predicted octanol–water partition coefficient (Wildman–Crippen LogP) is 25.5. The number of carbonyl (C=O) groups is 2. The summed E-state index contributed by atoms with van der Waals surface area (Å²) in [5.74, 6) is -1.30. The van der Waals surface area contributed by atoms with Crippen LogP contribution in [0.5, 0.6) is 5.75 Å². The lowest BCUT2D eigenvalue weighted by Crippen LogP contribution is -2.40. The highest BCUT2D eigenvalue weighted by atomic mass is 32.3. The molecule has 2 amide bonds. The van der Waals surface area contributed by atoms with Crippen molar-refractivity contribution in [2.45, 2.75) is 126 Å². The van der Waals surface area contributed by atoms with E-state index in [4.69, 9.17) is 10.5 Å². The zero-order chi connectivity index (χ0) is 104. The van der Waals surface area contributed by atoms with Gasteiger partial charge in [-0.2, -0.15) is 21.6 Å². The number of halogens is 3. The molecule has 145 heavy (non-hydrogen) atoms. The van der Waals surface area contributed by atoms with Crippen molar-refractivity contribution in [1.82, 2.24) is 18.6 Å². The average molecular weight is 2100 g/mol. The van der Waals surface area contributed by atoms with Crippen LogP contribution in [0.3, 0.4) is 0 Å². The normalized spacial score (nSPS) is 11.0. The maximum Gasteiger partial charge on any atom is 0.516 e. The number of amides is 2. The zero-order valence-electron chi connectivity index (χ0n) is 81.3. The maximum atomic E-state index is 12.8. The van der Waals surface area contributed by atoms with Crippen molar-refractivity contribution < 1.29 is 61.2 Å². The Balaban J connectivity index is 0.000000172. The van der Waals surface area contributed by atoms with Crippen molar-refractivity contribution in [3.63, 3.8) is 0 Å². The van der Waals surface area contributed by atoms with Gasteiger partial charge in [0.05, 0.1) is 71.8 Å². The molecule has 0 aliphatic carbocycles. The topological polar surface area (TPSA) is 261 Å². The molecular weight excluding hydrogens is 1980 g/mol. The summed E-state index contributed by atoms with van der Waals surface area (Å²) in [7, 11) is -8.13. The first-order valence-corrected chi connectivity index (χ1v) is 57.1. The van der Waals surface area contributed by atoms with Gasteiger partial charge in [0.25, 0.3) is 26.0 Å². The molecule has 17 aromatic rings. The van der Waals surface area contributed by atoms with Crippen LogP contribution in [0, 0.1) is 0 Å². The molecule has 748 valence electrons. The predicted molar refractivity (Wildman–Crippen MR) is 588 cm³/mol. The van der Waals surface area contributed by atoms with Gasteiger partial charge >= 0.3 is 15.5 Å². The lowest BCUT2D eigenvalue weighted by Gasteiger charge is -2.17. The van der Waals surface area contributed by atoms with E-state index < -0.39 is 57.4 Å². The van der Waals surface area contributed by atoms with Gasteiger partial charge in [-0.1, -0.05) is 282 Å². The smallest absolute Gasteiger partial charge is 0.497 e. The third-order valence-corrected chi connectivity index (χ3v) is 36.0. The molecule has 0 aliphatic rings. The number of nitrogens with two attached hydrogens (primary N) is 1. The van der Waals surface area contributed by atoms with Gasteiger partial charge in [0.1, 0.15) is 5.75 Å². The Kier molecular flexibility index (Phi) is 45.3. The number of rotatable bonds is 29. The fourth-order valence-corrected chi connectivity index (χ4v) is 27.3. The number of methoxy groups -OCH3 is 1. The Bertz CT molecular complexity index is 6350. The monoisotopic (exact) mass is 2100 g/mol. The van der Waals surface area contributed by atoms with E-state index in [1.165, 1.54) is 107 Å². The minimum absolute atomic E-state index is 0.0146. The highest BCUT2D eigenvalue weighted by Gasteiger charge is 2.47. The maximum absolute atomic E-state index is 12.8. The van der Waals surface area contributed by atoms with Gasteiger partial charge in [-0.05, 0) is 225 Å². The molecule has 0 radical (unpaired) electrons. The number of carbonyl (C=O) groups excluding carboxylic acids is 2. The second kappa shape index (κ2) is 58.1. The molecule has 0 saturated carbocycles. The molecule has 29 heteroatoms. The van der Waals surface area contributed by atoms with E-state index in [1.807, 2.05) is 78.3 Å². The van der Waals surface area contributed by atoms with Crippen LogP contribution in [0.1, 0.15) is 62.7 Å². The molecule has 0 fully saturated rings. The number of anilines is 3. The Hall–Kier alpha value is -14.0. The van der Waals surface area contributed by atoms with Crippen LogP contribution in [0.15, 0.2) is 542 Å². The first-order chi connectivity index (χ1) is 69.9. The first kappa shape index (κ1) is 113. The van der Waals surface area contributed by atoms with E-state index in [-0.39, 0.29) is 64.7 Å². The lowest BCUT2D eigenvalue weighted by molar-refractivity contribution is -0.117. The standard InChI is InChI=1S/C20H30N2O4S2.4C18H15S.C9H13NO.C8H10N2O3S.C7H5F3N2O3S/c1-4-5-6-7-8-9-16-27(23,24)21-28(25,26)20-15-11-12-17-18(20)13-10-14-19(17)22(2)3;4*1-4-10-16(11-5-1)19(17-12-6-2-7-13-17)18-14-8-3-9-15-18;1-10(2)8-4-6-9(11-3)7-5-8;1-6(11)10-14(12,13)8-4-2-7(9)3-5-8;8-7(9,10)16(14,15)12-6(13)5-2-1-3-11-4-5/h10-15,21H,4-9,16H2,1-3H3;4*1-15H;4-7H,1-3H3;2-5H,9H2,1H3,(H,10,11);1-4H,(H,12,13)/q;4*+1;;;. The summed E-state index contributed by atoms with van der Waals surface area (Å²) in [6.07, 6.45) is 7.76. The number of hydrogen-bond acceptors (Lipinski definition) is 15. The SMILES string of the molecule is CC(=O)NS(=O)(=O)c1ccc(N)cc1.CCCCCCCCS(=O)(=O)NS(=O)(=O)c1cccc2c(N(C)C)cccc12.COc1ccc(N(C)C)cc1.O=C(NS(=O)(=O)C(F)(F)F)c1cccnc1.c1ccc([S+](c2ccccc2)c2ccccc2)cc1.c1ccc([S+](c2ccccc2)c2ccccc2)cc1.c1ccc([S+](c2ccccc2)c2ccccc2)cc1.c1ccc([S+](c2ccccc2)c2ccccc2)cc1. The molecule has 5 N–H and O–H groups in total. The Morgan fingerprint density at radius 2 is 0.662 bits per heavy atom. The van der Waals surface area contributed by atoms with Crippen LogP contribution in [-0.4, -0.2) is 97.0 Å². The average Bonchev–Trinajstić information content (AvgIpc) is 0.758. The number of hydrogen-bond donors (Lipinski definition) is 4. The number of ether oxygens (including phenoxy) is 1. The lowest BCUT2D eigenvalue weighted by atomic mass is 10.1. The number of nitrogens with one attached hydrogen (secondary N) is 3. The number of pyridine rings is 1. The molecule has 1 aromatic heterocycles. The third kappa shape index (κ3) is 36.4. The molecule has 0 saturated heterocycles. The van der Waals surface area contributed by atoms with Crippen molar-refractivity contribution in [3.8, 4) is 5.75 Å². The fourth-order valence-electron chi connectivity index (χ4n) is 14.0. The van der Waals surface area contributed by atoms with E-state index in [2.05, 4.69) is 381 Å². The molecular formula is C116H118F3N7O11S8+4. The van der Waals surface area contributed by atoms with Crippen molar-refractivity contribution in [1.29, 1.82) is 0 Å². The number of nitrogen functional groups attached to an aromatic ring is 1. The van der Waals surface area contributed by atoms with Crippen molar-refractivity contribution in [2.75, 3.05) is 56.6 Å². The molecule has 0 bridgehead atoms.